The van der Waals surface area contributed by atoms with Crippen LogP contribution >= 0.6 is 11.3 Å². The van der Waals surface area contributed by atoms with Crippen LogP contribution < -0.4 is 0 Å². The molecule has 19 heavy (non-hydrogen) atoms. The highest BCUT2D eigenvalue weighted by Crippen LogP contribution is 2.46. The van der Waals surface area contributed by atoms with E-state index in [0.29, 0.717) is 5.41 Å². The second kappa shape index (κ2) is 4.17. The fourth-order valence-electron chi connectivity index (χ4n) is 3.10. The van der Waals surface area contributed by atoms with Gasteiger partial charge in [-0.2, -0.15) is 0 Å². The van der Waals surface area contributed by atoms with E-state index >= 15 is 0 Å². The monoisotopic (exact) mass is 271 g/mol. The fraction of sp³-hybridized carbons (Fsp3) is 0.471. The first-order valence-corrected chi connectivity index (χ1v) is 7.88. The number of hydrogen-bond donors (Lipinski definition) is 0. The van der Waals surface area contributed by atoms with Crippen molar-refractivity contribution in [2.75, 3.05) is 0 Å². The molecule has 0 N–H and O–H groups in total. The van der Waals surface area contributed by atoms with Crippen LogP contribution in [-0.2, 0) is 10.8 Å². The lowest BCUT2D eigenvalue weighted by Crippen LogP contribution is -2.33. The Morgan fingerprint density at radius 1 is 1.00 bits per heavy atom. The van der Waals surface area contributed by atoms with Gasteiger partial charge in [0.1, 0.15) is 0 Å². The molecule has 2 heteroatoms. The van der Waals surface area contributed by atoms with Crippen molar-refractivity contribution >= 4 is 11.3 Å². The zero-order valence-corrected chi connectivity index (χ0v) is 13.0. The lowest BCUT2D eigenvalue weighted by molar-refractivity contribution is 0.332. The van der Waals surface area contributed by atoms with Gasteiger partial charge in [0, 0.05) is 10.9 Å². The Morgan fingerprint density at radius 2 is 1.68 bits per heavy atom. The van der Waals surface area contributed by atoms with Crippen molar-refractivity contribution in [3.8, 4) is 11.3 Å². The zero-order valence-electron chi connectivity index (χ0n) is 12.2. The van der Waals surface area contributed by atoms with Gasteiger partial charge in [-0.1, -0.05) is 39.8 Å². The summed E-state index contributed by atoms with van der Waals surface area (Å²) >= 11 is 1.66. The van der Waals surface area contributed by atoms with Crippen LogP contribution in [0.2, 0.25) is 0 Å². The Balaban J connectivity index is 2.18. The number of thiazole rings is 1. The predicted molar refractivity (Wildman–Crippen MR) is 82.8 cm³/mol. The van der Waals surface area contributed by atoms with Crippen molar-refractivity contribution in [2.45, 2.75) is 51.4 Å². The van der Waals surface area contributed by atoms with Crippen molar-refractivity contribution in [3.63, 3.8) is 0 Å². The van der Waals surface area contributed by atoms with Gasteiger partial charge in [-0.05, 0) is 40.9 Å². The van der Waals surface area contributed by atoms with Gasteiger partial charge >= 0.3 is 0 Å². The van der Waals surface area contributed by atoms with Gasteiger partial charge in [0.2, 0.25) is 0 Å². The Morgan fingerprint density at radius 3 is 2.32 bits per heavy atom. The van der Waals surface area contributed by atoms with Crippen LogP contribution in [0, 0.1) is 0 Å². The van der Waals surface area contributed by atoms with Crippen molar-refractivity contribution in [3.05, 3.63) is 40.2 Å². The van der Waals surface area contributed by atoms with Crippen LogP contribution in [0.1, 0.15) is 51.7 Å². The third-order valence-corrected chi connectivity index (χ3v) is 5.17. The van der Waals surface area contributed by atoms with Crippen molar-refractivity contribution in [2.24, 2.45) is 0 Å². The average molecular weight is 271 g/mol. The summed E-state index contributed by atoms with van der Waals surface area (Å²) in [6, 6.07) is 6.92. The number of nitrogens with zero attached hydrogens (tertiary/aromatic N) is 1. The summed E-state index contributed by atoms with van der Waals surface area (Å²) in [6.45, 7) is 9.46. The average Bonchev–Trinajstić information content (AvgIpc) is 2.89. The highest BCUT2D eigenvalue weighted by molar-refractivity contribution is 7.07. The smallest absolute Gasteiger partial charge is 0.0811 e. The molecule has 0 radical (unpaired) electrons. The van der Waals surface area contributed by atoms with Gasteiger partial charge in [-0.3, -0.25) is 0 Å². The van der Waals surface area contributed by atoms with E-state index in [2.05, 4.69) is 56.3 Å². The molecule has 1 aliphatic rings. The maximum absolute atomic E-state index is 4.44. The summed E-state index contributed by atoms with van der Waals surface area (Å²) in [5.74, 6) is 0. The predicted octanol–water partition coefficient (Wildman–Crippen LogP) is 5.16. The standard InChI is InChI=1S/C17H21NS/c1-16(2)7-8-17(3,4)14-9-12(5-6-13(14)16)15-10-19-11-18-15/h5-6,9-11H,7-8H2,1-4H3. The minimum atomic E-state index is 0.275. The first-order valence-electron chi connectivity index (χ1n) is 6.94. The van der Waals surface area contributed by atoms with E-state index in [1.165, 1.54) is 29.5 Å². The topological polar surface area (TPSA) is 12.9 Å². The Bertz CT molecular complexity index is 594. The zero-order chi connectivity index (χ0) is 13.7. The lowest BCUT2D eigenvalue weighted by atomic mass is 9.63. The van der Waals surface area contributed by atoms with E-state index in [1.54, 1.807) is 11.3 Å². The lowest BCUT2D eigenvalue weighted by Gasteiger charge is -2.42. The summed E-state index contributed by atoms with van der Waals surface area (Å²) in [4.78, 5) is 4.44. The summed E-state index contributed by atoms with van der Waals surface area (Å²) in [5.41, 5.74) is 7.86. The van der Waals surface area contributed by atoms with E-state index in [-0.39, 0.29) is 5.41 Å². The number of hydrogen-bond acceptors (Lipinski definition) is 2. The maximum atomic E-state index is 4.44. The molecule has 1 aromatic carbocycles. The van der Waals surface area contributed by atoms with Crippen molar-refractivity contribution < 1.29 is 0 Å². The first-order chi connectivity index (χ1) is 8.90. The summed E-state index contributed by atoms with van der Waals surface area (Å²) in [7, 11) is 0. The number of rotatable bonds is 1. The molecule has 1 nitrogen and oxygen atoms in total. The molecule has 1 aliphatic carbocycles. The molecule has 0 atom stereocenters. The molecule has 2 aromatic rings. The number of aromatic nitrogens is 1. The highest BCUT2D eigenvalue weighted by atomic mass is 32.1. The molecule has 0 unspecified atom stereocenters. The van der Waals surface area contributed by atoms with Gasteiger partial charge in [0.05, 0.1) is 11.2 Å². The second-order valence-corrected chi connectivity index (χ2v) is 7.62. The number of benzene rings is 1. The highest BCUT2D eigenvalue weighted by Gasteiger charge is 2.36. The largest absolute Gasteiger partial charge is 0.245 e. The molecule has 3 rings (SSSR count). The molecular formula is C17H21NS. The molecule has 0 fully saturated rings. The Kier molecular flexibility index (Phi) is 2.82. The summed E-state index contributed by atoms with van der Waals surface area (Å²) in [5, 5.41) is 2.13. The third kappa shape index (κ3) is 2.12. The molecule has 100 valence electrons. The molecule has 0 aliphatic heterocycles. The quantitative estimate of drug-likeness (QED) is 0.698. The second-order valence-electron chi connectivity index (χ2n) is 6.90. The van der Waals surface area contributed by atoms with Crippen LogP contribution in [0.4, 0.5) is 0 Å². The summed E-state index contributed by atoms with van der Waals surface area (Å²) in [6.07, 6.45) is 2.52. The SMILES string of the molecule is CC1(C)CCC(C)(C)c2cc(-c3cscn3)ccc21. The van der Waals surface area contributed by atoms with Crippen LogP contribution in [0.5, 0.6) is 0 Å². The van der Waals surface area contributed by atoms with Crippen LogP contribution in [0.15, 0.2) is 29.1 Å². The molecule has 0 amide bonds. The maximum Gasteiger partial charge on any atom is 0.0811 e. The van der Waals surface area contributed by atoms with E-state index < -0.39 is 0 Å². The molecular weight excluding hydrogens is 250 g/mol. The van der Waals surface area contributed by atoms with Gasteiger partial charge in [-0.25, -0.2) is 4.98 Å². The minimum Gasteiger partial charge on any atom is -0.245 e. The van der Waals surface area contributed by atoms with Gasteiger partial charge in [0.15, 0.2) is 0 Å². The van der Waals surface area contributed by atoms with Crippen molar-refractivity contribution in [1.82, 2.24) is 4.98 Å². The van der Waals surface area contributed by atoms with Gasteiger partial charge in [-0.15, -0.1) is 11.3 Å². The van der Waals surface area contributed by atoms with Crippen LogP contribution in [0.3, 0.4) is 0 Å². The Hall–Kier alpha value is -1.15. The molecule has 1 heterocycles. The van der Waals surface area contributed by atoms with E-state index in [1.807, 2.05) is 5.51 Å². The fourth-order valence-corrected chi connectivity index (χ4v) is 3.66. The van der Waals surface area contributed by atoms with E-state index in [9.17, 15) is 0 Å². The molecule has 0 bridgehead atoms. The number of fused-ring (bicyclic) bond motifs is 1. The molecule has 0 saturated carbocycles. The molecule has 1 aromatic heterocycles. The van der Waals surface area contributed by atoms with Crippen LogP contribution in [0.25, 0.3) is 11.3 Å². The van der Waals surface area contributed by atoms with E-state index in [0.717, 1.165) is 5.69 Å². The van der Waals surface area contributed by atoms with E-state index in [4.69, 9.17) is 0 Å². The molecule has 0 saturated heterocycles. The Labute approximate surface area is 119 Å². The van der Waals surface area contributed by atoms with Gasteiger partial charge in [0.25, 0.3) is 0 Å². The first kappa shape index (κ1) is 12.9. The minimum absolute atomic E-state index is 0.275. The summed E-state index contributed by atoms with van der Waals surface area (Å²) < 4.78 is 0. The van der Waals surface area contributed by atoms with Gasteiger partial charge < -0.3 is 0 Å². The third-order valence-electron chi connectivity index (χ3n) is 4.58. The normalized spacial score (nSPS) is 20.0. The van der Waals surface area contributed by atoms with Crippen molar-refractivity contribution in [1.29, 1.82) is 0 Å². The van der Waals surface area contributed by atoms with Crippen LogP contribution in [-0.4, -0.2) is 4.98 Å². The molecule has 0 spiro atoms.